The monoisotopic (exact) mass is 409 g/mol. The van der Waals surface area contributed by atoms with Gasteiger partial charge < -0.3 is 15.5 Å². The lowest BCUT2D eigenvalue weighted by Crippen LogP contribution is -2.54. The van der Waals surface area contributed by atoms with Gasteiger partial charge in [0, 0.05) is 26.2 Å². The van der Waals surface area contributed by atoms with Gasteiger partial charge in [-0.15, -0.1) is 12.4 Å². The number of piperazine rings is 1. The number of amides is 1. The number of nitrogens with two attached hydrogens (primary N) is 1. The third-order valence-corrected chi connectivity index (χ3v) is 5.38. The van der Waals surface area contributed by atoms with Crippen molar-refractivity contribution < 1.29 is 4.79 Å². The number of halogens is 2. The molecule has 1 aromatic heterocycles. The van der Waals surface area contributed by atoms with Crippen LogP contribution in [-0.4, -0.2) is 52.3 Å². The third kappa shape index (κ3) is 3.67. The minimum absolute atomic E-state index is 0. The summed E-state index contributed by atoms with van der Waals surface area (Å²) in [6.07, 6.45) is 3.14. The van der Waals surface area contributed by atoms with Crippen LogP contribution in [0.1, 0.15) is 12.8 Å². The summed E-state index contributed by atoms with van der Waals surface area (Å²) in [5.41, 5.74) is 6.27. The Bertz CT molecular complexity index is 890. The molecule has 2 aromatic rings. The molecule has 1 saturated heterocycles. The Balaban J connectivity index is 0.00000210. The molecule has 0 bridgehead atoms. The van der Waals surface area contributed by atoms with Crippen molar-refractivity contribution in [1.82, 2.24) is 14.7 Å². The molecule has 4 rings (SSSR count). The number of para-hydroxylation sites is 1. The number of benzene rings is 1. The highest BCUT2D eigenvalue weighted by Gasteiger charge is 2.48. The lowest BCUT2D eigenvalue weighted by molar-refractivity contribution is -0.133. The summed E-state index contributed by atoms with van der Waals surface area (Å²) in [6.45, 7) is 2.32. The van der Waals surface area contributed by atoms with Crippen molar-refractivity contribution in [3.63, 3.8) is 0 Å². The van der Waals surface area contributed by atoms with E-state index >= 15 is 0 Å². The van der Waals surface area contributed by atoms with Crippen molar-refractivity contribution in [1.29, 1.82) is 0 Å². The van der Waals surface area contributed by atoms with Crippen molar-refractivity contribution in [2.75, 3.05) is 31.1 Å². The Kier molecular flexibility index (Phi) is 5.46. The maximum Gasteiger partial charge on any atom is 0.292 e. The number of rotatable bonds is 3. The summed E-state index contributed by atoms with van der Waals surface area (Å²) in [6, 6.07) is 9.15. The third-order valence-electron chi connectivity index (χ3n) is 5.02. The summed E-state index contributed by atoms with van der Waals surface area (Å²) in [7, 11) is 0. The normalized spacial score (nSPS) is 18.0. The molecule has 144 valence electrons. The molecule has 2 fully saturated rings. The lowest BCUT2D eigenvalue weighted by atomic mass is 10.2. The molecule has 1 aromatic carbocycles. The maximum absolute atomic E-state index is 12.6. The van der Waals surface area contributed by atoms with Crippen LogP contribution in [0.25, 0.3) is 5.69 Å². The quantitative estimate of drug-likeness (QED) is 0.828. The van der Waals surface area contributed by atoms with Crippen LogP contribution in [0.5, 0.6) is 0 Å². The van der Waals surface area contributed by atoms with Gasteiger partial charge in [0.15, 0.2) is 0 Å². The van der Waals surface area contributed by atoms with E-state index in [0.717, 1.165) is 12.8 Å². The van der Waals surface area contributed by atoms with Crippen molar-refractivity contribution in [3.05, 3.63) is 51.9 Å². The van der Waals surface area contributed by atoms with Crippen molar-refractivity contribution >= 4 is 35.6 Å². The van der Waals surface area contributed by atoms with E-state index in [0.29, 0.717) is 37.6 Å². The molecule has 0 unspecified atom stereocenters. The zero-order valence-electron chi connectivity index (χ0n) is 14.7. The van der Waals surface area contributed by atoms with Gasteiger partial charge >= 0.3 is 0 Å². The fourth-order valence-electron chi connectivity index (χ4n) is 3.21. The van der Waals surface area contributed by atoms with Crippen LogP contribution in [0.4, 0.5) is 5.69 Å². The molecule has 0 spiro atoms. The van der Waals surface area contributed by atoms with Gasteiger partial charge in [-0.3, -0.25) is 9.59 Å². The minimum Gasteiger partial charge on any atom is -0.365 e. The van der Waals surface area contributed by atoms with Gasteiger partial charge in [-0.25, -0.2) is 0 Å². The average Bonchev–Trinajstić information content (AvgIpc) is 3.43. The Hall–Kier alpha value is -2.09. The van der Waals surface area contributed by atoms with Crippen LogP contribution in [0.2, 0.25) is 5.02 Å². The number of hydrogen-bond donors (Lipinski definition) is 1. The zero-order valence-corrected chi connectivity index (χ0v) is 16.2. The molecule has 27 heavy (non-hydrogen) atoms. The topological polar surface area (TPSA) is 84.5 Å². The first-order chi connectivity index (χ1) is 12.5. The van der Waals surface area contributed by atoms with E-state index in [1.807, 2.05) is 23.1 Å². The number of carbonyl (C=O) groups excluding carboxylic acids is 1. The summed E-state index contributed by atoms with van der Waals surface area (Å²) in [5.74, 6) is 0.0286. The molecule has 1 amide bonds. The zero-order chi connectivity index (χ0) is 18.3. The molecule has 0 radical (unpaired) electrons. The molecule has 9 heteroatoms. The SMILES string of the molecule is Cl.NC1(C(=O)N2CCN(c3cnn(-c4ccccc4)c(=O)c3Cl)CC2)CC1. The van der Waals surface area contributed by atoms with Crippen LogP contribution in [0.15, 0.2) is 41.3 Å². The second-order valence-electron chi connectivity index (χ2n) is 6.83. The maximum atomic E-state index is 12.6. The van der Waals surface area contributed by atoms with E-state index in [4.69, 9.17) is 17.3 Å². The smallest absolute Gasteiger partial charge is 0.292 e. The van der Waals surface area contributed by atoms with E-state index in [2.05, 4.69) is 5.10 Å². The van der Waals surface area contributed by atoms with Crippen molar-refractivity contribution in [2.24, 2.45) is 5.73 Å². The predicted octanol–water partition coefficient (Wildman–Crippen LogP) is 1.45. The Labute approximate surface area is 168 Å². The molecule has 2 N–H and O–H groups in total. The minimum atomic E-state index is -0.641. The van der Waals surface area contributed by atoms with Gasteiger partial charge in [0.1, 0.15) is 5.02 Å². The lowest BCUT2D eigenvalue weighted by Gasteiger charge is -2.37. The molecular weight excluding hydrogens is 389 g/mol. The van der Waals surface area contributed by atoms with Crippen LogP contribution in [0, 0.1) is 0 Å². The Morgan fingerprint density at radius 1 is 1.11 bits per heavy atom. The molecular formula is C18H21Cl2N5O2. The molecule has 1 aliphatic heterocycles. The van der Waals surface area contributed by atoms with E-state index in [1.165, 1.54) is 4.68 Å². The van der Waals surface area contributed by atoms with Gasteiger partial charge in [-0.2, -0.15) is 9.78 Å². The second kappa shape index (κ2) is 7.50. The van der Waals surface area contributed by atoms with Gasteiger partial charge in [0.25, 0.3) is 5.56 Å². The summed E-state index contributed by atoms with van der Waals surface area (Å²) in [5, 5.41) is 4.41. The molecule has 1 aliphatic carbocycles. The highest BCUT2D eigenvalue weighted by molar-refractivity contribution is 6.33. The van der Waals surface area contributed by atoms with E-state index < -0.39 is 5.54 Å². The Morgan fingerprint density at radius 3 is 2.33 bits per heavy atom. The van der Waals surface area contributed by atoms with Crippen molar-refractivity contribution in [2.45, 2.75) is 18.4 Å². The number of hydrogen-bond acceptors (Lipinski definition) is 5. The van der Waals surface area contributed by atoms with Gasteiger partial charge in [-0.1, -0.05) is 29.8 Å². The Morgan fingerprint density at radius 2 is 1.74 bits per heavy atom. The van der Waals surface area contributed by atoms with Gasteiger partial charge in [-0.05, 0) is 25.0 Å². The fraction of sp³-hybridized carbons (Fsp3) is 0.389. The largest absolute Gasteiger partial charge is 0.365 e. The van der Waals surface area contributed by atoms with Crippen LogP contribution < -0.4 is 16.2 Å². The predicted molar refractivity (Wildman–Crippen MR) is 107 cm³/mol. The van der Waals surface area contributed by atoms with Crippen LogP contribution in [0.3, 0.4) is 0 Å². The first-order valence-corrected chi connectivity index (χ1v) is 9.04. The second-order valence-corrected chi connectivity index (χ2v) is 7.21. The van der Waals surface area contributed by atoms with Crippen LogP contribution >= 0.6 is 24.0 Å². The number of anilines is 1. The van der Waals surface area contributed by atoms with E-state index in [-0.39, 0.29) is 28.9 Å². The summed E-state index contributed by atoms with van der Waals surface area (Å²) >= 11 is 6.35. The van der Waals surface area contributed by atoms with Crippen molar-refractivity contribution in [3.8, 4) is 5.69 Å². The molecule has 2 aliphatic rings. The first kappa shape index (κ1) is 19.7. The van der Waals surface area contributed by atoms with Gasteiger partial charge in [0.2, 0.25) is 5.91 Å². The highest BCUT2D eigenvalue weighted by atomic mass is 35.5. The number of carbonyl (C=O) groups is 1. The summed E-state index contributed by atoms with van der Waals surface area (Å²) in [4.78, 5) is 28.7. The highest BCUT2D eigenvalue weighted by Crippen LogP contribution is 2.34. The molecule has 1 saturated carbocycles. The number of aromatic nitrogens is 2. The van der Waals surface area contributed by atoms with Crippen LogP contribution in [-0.2, 0) is 4.79 Å². The molecule has 2 heterocycles. The molecule has 0 atom stereocenters. The molecule has 7 nitrogen and oxygen atoms in total. The summed E-state index contributed by atoms with van der Waals surface area (Å²) < 4.78 is 1.29. The van der Waals surface area contributed by atoms with E-state index in [9.17, 15) is 9.59 Å². The first-order valence-electron chi connectivity index (χ1n) is 8.66. The van der Waals surface area contributed by atoms with E-state index in [1.54, 1.807) is 23.2 Å². The average molecular weight is 410 g/mol. The standard InChI is InChI=1S/C18H20ClN5O2.ClH/c19-15-14(12-21-24(16(15)25)13-4-2-1-3-5-13)22-8-10-23(11-9-22)17(26)18(20)6-7-18;/h1-5,12H,6-11,20H2;1H. The number of nitrogens with zero attached hydrogens (tertiary/aromatic N) is 4. The fourth-order valence-corrected chi connectivity index (χ4v) is 3.46. The van der Waals surface area contributed by atoms with Gasteiger partial charge in [0.05, 0.1) is 23.1 Å².